The van der Waals surface area contributed by atoms with Gasteiger partial charge in [0.25, 0.3) is 5.91 Å². The molecule has 3 nitrogen and oxygen atoms in total. The molecule has 0 saturated carbocycles. The van der Waals surface area contributed by atoms with E-state index in [-0.39, 0.29) is 18.6 Å². The van der Waals surface area contributed by atoms with Crippen molar-refractivity contribution in [1.82, 2.24) is 4.90 Å². The summed E-state index contributed by atoms with van der Waals surface area (Å²) in [4.78, 5) is 13.9. The van der Waals surface area contributed by atoms with Gasteiger partial charge in [0.15, 0.2) is 0 Å². The minimum atomic E-state index is -0.00789. The highest BCUT2D eigenvalue weighted by atomic mass is 79.9. The Hall–Kier alpha value is -0.870. The van der Waals surface area contributed by atoms with Crippen molar-refractivity contribution in [2.75, 3.05) is 13.2 Å². The lowest BCUT2D eigenvalue weighted by Gasteiger charge is -2.23. The molecule has 1 atom stereocenters. The van der Waals surface area contributed by atoms with E-state index < -0.39 is 0 Å². The largest absolute Gasteiger partial charge is 0.394 e. The summed E-state index contributed by atoms with van der Waals surface area (Å²) >= 11 is 3.35. The van der Waals surface area contributed by atoms with Gasteiger partial charge in [-0.3, -0.25) is 4.79 Å². The molecular weight excluding hydrogens is 270 g/mol. The van der Waals surface area contributed by atoms with Crippen molar-refractivity contribution in [3.63, 3.8) is 0 Å². The predicted octanol–water partition coefficient (Wildman–Crippen LogP) is 2.05. The second kappa shape index (κ2) is 4.97. The number of likely N-dealkylation sites (tertiary alicyclic amines) is 1. The van der Waals surface area contributed by atoms with E-state index >= 15 is 0 Å². The summed E-state index contributed by atoms with van der Waals surface area (Å²) in [6.07, 6.45) is 1.88. The van der Waals surface area contributed by atoms with Gasteiger partial charge < -0.3 is 10.0 Å². The van der Waals surface area contributed by atoms with E-state index in [1.807, 2.05) is 18.2 Å². The first-order chi connectivity index (χ1) is 7.72. The molecular formula is C12H14BrNO2. The van der Waals surface area contributed by atoms with Gasteiger partial charge in [0.2, 0.25) is 0 Å². The lowest BCUT2D eigenvalue weighted by atomic mass is 10.2. The second-order valence-corrected chi connectivity index (χ2v) is 4.90. The quantitative estimate of drug-likeness (QED) is 0.903. The minimum Gasteiger partial charge on any atom is -0.394 e. The molecule has 0 aromatic heterocycles. The van der Waals surface area contributed by atoms with Crippen LogP contribution in [-0.2, 0) is 0 Å². The fourth-order valence-electron chi connectivity index (χ4n) is 2.08. The Morgan fingerprint density at radius 3 is 3.06 bits per heavy atom. The third-order valence-corrected chi connectivity index (χ3v) is 3.41. The Balaban J connectivity index is 2.18. The van der Waals surface area contributed by atoms with Crippen LogP contribution in [0.25, 0.3) is 0 Å². The van der Waals surface area contributed by atoms with Crippen molar-refractivity contribution in [2.45, 2.75) is 18.9 Å². The molecule has 1 saturated heterocycles. The number of carbonyl (C=O) groups excluding carboxylic acids is 1. The zero-order valence-corrected chi connectivity index (χ0v) is 10.5. The van der Waals surface area contributed by atoms with Crippen molar-refractivity contribution < 1.29 is 9.90 Å². The molecule has 0 spiro atoms. The summed E-state index contributed by atoms with van der Waals surface area (Å²) in [6.45, 7) is 0.802. The highest BCUT2D eigenvalue weighted by Crippen LogP contribution is 2.21. The standard InChI is InChI=1S/C12H14BrNO2/c13-10-4-1-3-9(7-10)12(16)14-6-2-5-11(14)8-15/h1,3-4,7,11,15H,2,5-6,8H2/t11-/m0/s1. The van der Waals surface area contributed by atoms with Crippen molar-refractivity contribution in [3.05, 3.63) is 34.3 Å². The lowest BCUT2D eigenvalue weighted by molar-refractivity contribution is 0.0677. The summed E-state index contributed by atoms with van der Waals surface area (Å²) in [5.74, 6) is 0.0119. The highest BCUT2D eigenvalue weighted by Gasteiger charge is 2.28. The molecule has 1 heterocycles. The number of benzene rings is 1. The number of nitrogens with zero attached hydrogens (tertiary/aromatic N) is 1. The first-order valence-corrected chi connectivity index (χ1v) is 6.19. The number of hydrogen-bond donors (Lipinski definition) is 1. The predicted molar refractivity (Wildman–Crippen MR) is 65.3 cm³/mol. The van der Waals surface area contributed by atoms with Crippen LogP contribution in [0.4, 0.5) is 0 Å². The van der Waals surface area contributed by atoms with E-state index in [0.29, 0.717) is 5.56 Å². The molecule has 1 N–H and O–H groups in total. The van der Waals surface area contributed by atoms with Crippen molar-refractivity contribution in [3.8, 4) is 0 Å². The fraction of sp³-hybridized carbons (Fsp3) is 0.417. The van der Waals surface area contributed by atoms with Gasteiger partial charge in [-0.05, 0) is 31.0 Å². The van der Waals surface area contributed by atoms with Crippen molar-refractivity contribution in [1.29, 1.82) is 0 Å². The maximum atomic E-state index is 12.2. The molecule has 86 valence electrons. The molecule has 1 aromatic carbocycles. The average Bonchev–Trinajstić information content (AvgIpc) is 2.76. The molecule has 16 heavy (non-hydrogen) atoms. The normalized spacial score (nSPS) is 20.1. The van der Waals surface area contributed by atoms with E-state index in [1.165, 1.54) is 0 Å². The number of aliphatic hydroxyl groups excluding tert-OH is 1. The van der Waals surface area contributed by atoms with Gasteiger partial charge in [-0.15, -0.1) is 0 Å². The van der Waals surface area contributed by atoms with Crippen LogP contribution in [0.5, 0.6) is 0 Å². The van der Waals surface area contributed by atoms with Gasteiger partial charge in [-0.25, -0.2) is 0 Å². The Morgan fingerprint density at radius 1 is 1.56 bits per heavy atom. The van der Waals surface area contributed by atoms with Gasteiger partial charge in [-0.2, -0.15) is 0 Å². The van der Waals surface area contributed by atoms with Crippen LogP contribution in [0.2, 0.25) is 0 Å². The SMILES string of the molecule is O=C(c1cccc(Br)c1)N1CCC[C@H]1CO. The maximum Gasteiger partial charge on any atom is 0.254 e. The molecule has 0 aliphatic carbocycles. The van der Waals surface area contributed by atoms with E-state index in [1.54, 1.807) is 11.0 Å². The fourth-order valence-corrected chi connectivity index (χ4v) is 2.48. The maximum absolute atomic E-state index is 12.2. The molecule has 1 aromatic rings. The minimum absolute atomic E-state index is 0.00789. The van der Waals surface area contributed by atoms with Gasteiger partial charge in [-0.1, -0.05) is 22.0 Å². The van der Waals surface area contributed by atoms with Crippen LogP contribution in [0, 0.1) is 0 Å². The first-order valence-electron chi connectivity index (χ1n) is 5.40. The molecule has 0 bridgehead atoms. The van der Waals surface area contributed by atoms with Crippen LogP contribution in [0.15, 0.2) is 28.7 Å². The average molecular weight is 284 g/mol. The number of carbonyl (C=O) groups is 1. The molecule has 1 fully saturated rings. The third kappa shape index (κ3) is 2.28. The number of aliphatic hydroxyl groups is 1. The Kier molecular flexibility index (Phi) is 3.61. The van der Waals surface area contributed by atoms with E-state index in [4.69, 9.17) is 0 Å². The lowest BCUT2D eigenvalue weighted by Crippen LogP contribution is -2.37. The Morgan fingerprint density at radius 2 is 2.38 bits per heavy atom. The van der Waals surface area contributed by atoms with E-state index in [0.717, 1.165) is 23.9 Å². The van der Waals surface area contributed by atoms with E-state index in [2.05, 4.69) is 15.9 Å². The van der Waals surface area contributed by atoms with Crippen LogP contribution in [0.1, 0.15) is 23.2 Å². The number of hydrogen-bond acceptors (Lipinski definition) is 2. The zero-order chi connectivity index (χ0) is 11.5. The topological polar surface area (TPSA) is 40.5 Å². The second-order valence-electron chi connectivity index (χ2n) is 3.99. The number of amides is 1. The van der Waals surface area contributed by atoms with Crippen molar-refractivity contribution >= 4 is 21.8 Å². The summed E-state index contributed by atoms with van der Waals surface area (Å²) in [6, 6.07) is 7.35. The Labute approximate surface area is 103 Å². The smallest absolute Gasteiger partial charge is 0.254 e. The van der Waals surface area contributed by atoms with Gasteiger partial charge in [0.05, 0.1) is 12.6 Å². The first kappa shape index (κ1) is 11.6. The van der Waals surface area contributed by atoms with Crippen molar-refractivity contribution in [2.24, 2.45) is 0 Å². The Bertz CT molecular complexity index is 394. The number of rotatable bonds is 2. The van der Waals surface area contributed by atoms with Crippen LogP contribution < -0.4 is 0 Å². The number of halogens is 1. The molecule has 0 unspecified atom stereocenters. The van der Waals surface area contributed by atoms with E-state index in [9.17, 15) is 9.90 Å². The molecule has 4 heteroatoms. The molecule has 1 amide bonds. The molecule has 0 radical (unpaired) electrons. The summed E-state index contributed by atoms with van der Waals surface area (Å²) < 4.78 is 0.901. The molecule has 2 rings (SSSR count). The molecule has 1 aliphatic rings. The van der Waals surface area contributed by atoms with Crippen LogP contribution in [0.3, 0.4) is 0 Å². The highest BCUT2D eigenvalue weighted by molar-refractivity contribution is 9.10. The summed E-state index contributed by atoms with van der Waals surface area (Å²) in [5.41, 5.74) is 0.676. The van der Waals surface area contributed by atoms with Gasteiger partial charge in [0.1, 0.15) is 0 Å². The summed E-state index contributed by atoms with van der Waals surface area (Å²) in [5, 5.41) is 9.18. The van der Waals surface area contributed by atoms with Crippen LogP contribution >= 0.6 is 15.9 Å². The zero-order valence-electron chi connectivity index (χ0n) is 8.90. The monoisotopic (exact) mass is 283 g/mol. The van der Waals surface area contributed by atoms with Gasteiger partial charge >= 0.3 is 0 Å². The van der Waals surface area contributed by atoms with Crippen LogP contribution in [-0.4, -0.2) is 35.1 Å². The van der Waals surface area contributed by atoms with Gasteiger partial charge in [0, 0.05) is 16.6 Å². The molecule has 1 aliphatic heterocycles. The third-order valence-electron chi connectivity index (χ3n) is 2.92. The summed E-state index contributed by atoms with van der Waals surface area (Å²) in [7, 11) is 0.